The number of halogens is 1. The van der Waals surface area contributed by atoms with Crippen molar-refractivity contribution in [2.75, 3.05) is 18.4 Å². The summed E-state index contributed by atoms with van der Waals surface area (Å²) < 4.78 is 0. The van der Waals surface area contributed by atoms with Crippen molar-refractivity contribution in [2.24, 2.45) is 5.92 Å². The zero-order valence-corrected chi connectivity index (χ0v) is 11.3. The van der Waals surface area contributed by atoms with Crippen LogP contribution in [0.3, 0.4) is 0 Å². The number of nitrogens with one attached hydrogen (secondary N) is 2. The molecule has 17 heavy (non-hydrogen) atoms. The van der Waals surface area contributed by atoms with Crippen molar-refractivity contribution in [3.05, 3.63) is 28.8 Å². The van der Waals surface area contributed by atoms with Crippen LogP contribution in [0.5, 0.6) is 0 Å². The van der Waals surface area contributed by atoms with Crippen molar-refractivity contribution in [1.82, 2.24) is 5.32 Å². The molecule has 0 aromatic heterocycles. The van der Waals surface area contributed by atoms with Gasteiger partial charge in [0.15, 0.2) is 0 Å². The van der Waals surface area contributed by atoms with E-state index in [0.717, 1.165) is 17.8 Å². The molecule has 0 radical (unpaired) electrons. The average molecular weight is 255 g/mol. The van der Waals surface area contributed by atoms with Crippen LogP contribution in [0, 0.1) is 12.8 Å². The first kappa shape index (κ1) is 14.0. The predicted octanol–water partition coefficient (Wildman–Crippen LogP) is 2.83. The minimum atomic E-state index is -0.0454. The van der Waals surface area contributed by atoms with Gasteiger partial charge in [0.25, 0.3) is 0 Å². The molecule has 0 saturated heterocycles. The summed E-state index contributed by atoms with van der Waals surface area (Å²) in [6.07, 6.45) is 0. The van der Waals surface area contributed by atoms with Gasteiger partial charge in [-0.3, -0.25) is 4.79 Å². The molecule has 1 amide bonds. The normalized spacial score (nSPS) is 10.6. The van der Waals surface area contributed by atoms with E-state index >= 15 is 0 Å². The first-order valence-corrected chi connectivity index (χ1v) is 6.13. The van der Waals surface area contributed by atoms with Gasteiger partial charge in [-0.1, -0.05) is 31.5 Å². The second kappa shape index (κ2) is 6.62. The summed E-state index contributed by atoms with van der Waals surface area (Å²) in [4.78, 5) is 11.6. The molecule has 0 spiro atoms. The third-order valence-corrected chi connectivity index (χ3v) is 2.55. The number of anilines is 1. The van der Waals surface area contributed by atoms with E-state index in [-0.39, 0.29) is 5.91 Å². The number of amides is 1. The Bertz CT molecular complexity index is 391. The molecule has 0 heterocycles. The zero-order valence-electron chi connectivity index (χ0n) is 10.5. The zero-order chi connectivity index (χ0) is 12.8. The van der Waals surface area contributed by atoms with Gasteiger partial charge in [-0.25, -0.2) is 0 Å². The predicted molar refractivity (Wildman–Crippen MR) is 72.5 cm³/mol. The second-order valence-electron chi connectivity index (χ2n) is 4.53. The van der Waals surface area contributed by atoms with Crippen LogP contribution in [0.2, 0.25) is 5.02 Å². The van der Waals surface area contributed by atoms with E-state index in [2.05, 4.69) is 24.5 Å². The van der Waals surface area contributed by atoms with Gasteiger partial charge < -0.3 is 10.6 Å². The lowest BCUT2D eigenvalue weighted by Gasteiger charge is -2.10. The van der Waals surface area contributed by atoms with E-state index in [9.17, 15) is 4.79 Å². The summed E-state index contributed by atoms with van der Waals surface area (Å²) in [5, 5.41) is 6.56. The van der Waals surface area contributed by atoms with Crippen LogP contribution in [0.4, 0.5) is 5.69 Å². The Morgan fingerprint density at radius 1 is 1.41 bits per heavy atom. The van der Waals surface area contributed by atoms with Crippen LogP contribution in [0.15, 0.2) is 18.2 Å². The van der Waals surface area contributed by atoms with Gasteiger partial charge in [-0.2, -0.15) is 0 Å². The van der Waals surface area contributed by atoms with Crippen LogP contribution < -0.4 is 10.6 Å². The molecule has 1 aromatic rings. The van der Waals surface area contributed by atoms with E-state index < -0.39 is 0 Å². The fourth-order valence-corrected chi connectivity index (χ4v) is 1.57. The summed E-state index contributed by atoms with van der Waals surface area (Å²) in [6, 6.07) is 5.46. The number of carbonyl (C=O) groups excluding carboxylic acids is 1. The Morgan fingerprint density at radius 2 is 2.12 bits per heavy atom. The molecule has 0 fully saturated rings. The summed E-state index contributed by atoms with van der Waals surface area (Å²) in [5.41, 5.74) is 1.78. The molecule has 94 valence electrons. The van der Waals surface area contributed by atoms with E-state index in [0.29, 0.717) is 17.5 Å². The van der Waals surface area contributed by atoms with Gasteiger partial charge in [-0.05, 0) is 37.1 Å². The lowest BCUT2D eigenvalue weighted by Crippen LogP contribution is -2.30. The molecular weight excluding hydrogens is 236 g/mol. The topological polar surface area (TPSA) is 41.1 Å². The molecule has 0 unspecified atom stereocenters. The van der Waals surface area contributed by atoms with Gasteiger partial charge in [-0.15, -0.1) is 0 Å². The Morgan fingerprint density at radius 3 is 2.76 bits per heavy atom. The lowest BCUT2D eigenvalue weighted by atomic mass is 10.2. The molecule has 3 nitrogen and oxygen atoms in total. The van der Waals surface area contributed by atoms with E-state index in [4.69, 9.17) is 11.6 Å². The summed E-state index contributed by atoms with van der Waals surface area (Å²) in [6.45, 7) is 7.30. The lowest BCUT2D eigenvalue weighted by molar-refractivity contribution is -0.115. The average Bonchev–Trinajstić information content (AvgIpc) is 2.23. The minimum Gasteiger partial charge on any atom is -0.325 e. The van der Waals surface area contributed by atoms with Crippen LogP contribution in [0.1, 0.15) is 19.4 Å². The van der Waals surface area contributed by atoms with Gasteiger partial charge >= 0.3 is 0 Å². The summed E-state index contributed by atoms with van der Waals surface area (Å²) in [7, 11) is 0. The fourth-order valence-electron chi connectivity index (χ4n) is 1.40. The minimum absolute atomic E-state index is 0.0454. The maximum atomic E-state index is 11.6. The molecular formula is C13H19ClN2O. The molecule has 2 N–H and O–H groups in total. The highest BCUT2D eigenvalue weighted by molar-refractivity contribution is 6.31. The molecule has 0 aliphatic heterocycles. The Kier molecular flexibility index (Phi) is 5.45. The van der Waals surface area contributed by atoms with Crippen LogP contribution >= 0.6 is 11.6 Å². The highest BCUT2D eigenvalue weighted by Crippen LogP contribution is 2.19. The third kappa shape index (κ3) is 5.20. The number of aryl methyl sites for hydroxylation is 1. The molecule has 0 saturated carbocycles. The monoisotopic (exact) mass is 254 g/mol. The molecule has 0 atom stereocenters. The molecule has 4 heteroatoms. The number of hydrogen-bond acceptors (Lipinski definition) is 2. The number of rotatable bonds is 5. The van der Waals surface area contributed by atoms with Gasteiger partial charge in [0, 0.05) is 10.7 Å². The second-order valence-corrected chi connectivity index (χ2v) is 4.97. The largest absolute Gasteiger partial charge is 0.325 e. The Labute approximate surface area is 108 Å². The van der Waals surface area contributed by atoms with Gasteiger partial charge in [0.1, 0.15) is 0 Å². The number of hydrogen-bond donors (Lipinski definition) is 2. The first-order valence-electron chi connectivity index (χ1n) is 5.75. The molecule has 1 aromatic carbocycles. The Hall–Kier alpha value is -1.06. The maximum absolute atomic E-state index is 11.6. The fraction of sp³-hybridized carbons (Fsp3) is 0.462. The van der Waals surface area contributed by atoms with Crippen molar-refractivity contribution in [2.45, 2.75) is 20.8 Å². The van der Waals surface area contributed by atoms with Crippen LogP contribution in [0.25, 0.3) is 0 Å². The van der Waals surface area contributed by atoms with Crippen molar-refractivity contribution < 1.29 is 4.79 Å². The highest BCUT2D eigenvalue weighted by Gasteiger charge is 2.05. The summed E-state index contributed by atoms with van der Waals surface area (Å²) >= 11 is 5.88. The Balaban J connectivity index is 2.47. The highest BCUT2D eigenvalue weighted by atomic mass is 35.5. The SMILES string of the molecule is Cc1ccc(Cl)cc1NC(=O)CNCC(C)C. The van der Waals surface area contributed by atoms with Crippen LogP contribution in [-0.2, 0) is 4.79 Å². The van der Waals surface area contributed by atoms with Crippen molar-refractivity contribution in [3.8, 4) is 0 Å². The molecule has 0 bridgehead atoms. The van der Waals surface area contributed by atoms with Crippen molar-refractivity contribution in [1.29, 1.82) is 0 Å². The molecule has 0 aliphatic rings. The van der Waals surface area contributed by atoms with Gasteiger partial charge in [0.05, 0.1) is 6.54 Å². The standard InChI is InChI=1S/C13H19ClN2O/c1-9(2)7-15-8-13(17)16-12-6-11(14)5-4-10(12)3/h4-6,9,15H,7-8H2,1-3H3,(H,16,17). The quantitative estimate of drug-likeness (QED) is 0.848. The molecule has 1 rings (SSSR count). The van der Waals surface area contributed by atoms with Crippen LogP contribution in [-0.4, -0.2) is 19.0 Å². The number of carbonyl (C=O) groups is 1. The van der Waals surface area contributed by atoms with E-state index in [1.807, 2.05) is 19.1 Å². The first-order chi connectivity index (χ1) is 7.99. The van der Waals surface area contributed by atoms with Crippen molar-refractivity contribution >= 4 is 23.2 Å². The summed E-state index contributed by atoms with van der Waals surface area (Å²) in [5.74, 6) is 0.492. The van der Waals surface area contributed by atoms with E-state index in [1.165, 1.54) is 0 Å². The van der Waals surface area contributed by atoms with Gasteiger partial charge in [0.2, 0.25) is 5.91 Å². The van der Waals surface area contributed by atoms with E-state index in [1.54, 1.807) is 6.07 Å². The van der Waals surface area contributed by atoms with Crippen molar-refractivity contribution in [3.63, 3.8) is 0 Å². The smallest absolute Gasteiger partial charge is 0.238 e. The maximum Gasteiger partial charge on any atom is 0.238 e. The molecule has 0 aliphatic carbocycles. The third-order valence-electron chi connectivity index (χ3n) is 2.31. The number of benzene rings is 1.